The molecule has 0 bridgehead atoms. The maximum absolute atomic E-state index is 10.9. The Kier molecular flexibility index (Phi) is 4.50. The van der Waals surface area contributed by atoms with Crippen molar-refractivity contribution < 1.29 is 9.90 Å². The highest BCUT2D eigenvalue weighted by atomic mass is 16.3. The molecule has 1 unspecified atom stereocenters. The minimum Gasteiger partial charge on any atom is -0.394 e. The van der Waals surface area contributed by atoms with Crippen molar-refractivity contribution in [2.45, 2.75) is 13.0 Å². The molecule has 0 saturated heterocycles. The molecule has 1 atom stereocenters. The van der Waals surface area contributed by atoms with E-state index in [9.17, 15) is 4.79 Å². The minimum atomic E-state index is -0.620. The predicted octanol–water partition coefficient (Wildman–Crippen LogP) is 0.560. The number of Topliss-reactive ketones (excluding diaryl/α,β-unsaturated/α-hetero) is 1. The number of carbonyl (C=O) groups excluding carboxylic acids is 1. The highest BCUT2D eigenvalue weighted by molar-refractivity contribution is 5.82. The Balaban J connectivity index is 2.49. The van der Waals surface area contributed by atoms with Gasteiger partial charge in [-0.15, -0.1) is 0 Å². The second-order valence-corrected chi connectivity index (χ2v) is 3.14. The molecular formula is C11H14N2O2. The zero-order valence-corrected chi connectivity index (χ0v) is 8.55. The van der Waals surface area contributed by atoms with Crippen LogP contribution < -0.4 is 5.43 Å². The van der Waals surface area contributed by atoms with E-state index < -0.39 is 6.04 Å². The maximum Gasteiger partial charge on any atom is 0.155 e. The Labute approximate surface area is 88.6 Å². The quantitative estimate of drug-likeness (QED) is 0.546. The third-order valence-corrected chi connectivity index (χ3v) is 1.92. The van der Waals surface area contributed by atoms with Gasteiger partial charge in [-0.2, -0.15) is 5.10 Å². The lowest BCUT2D eigenvalue weighted by Crippen LogP contribution is -2.35. The van der Waals surface area contributed by atoms with E-state index in [1.807, 2.05) is 30.3 Å². The Hall–Kier alpha value is -1.68. The monoisotopic (exact) mass is 206 g/mol. The van der Waals surface area contributed by atoms with Gasteiger partial charge < -0.3 is 5.11 Å². The Morgan fingerprint density at radius 1 is 1.53 bits per heavy atom. The SMILES string of the molecule is CC(=O)C(CO)NN=Cc1ccccc1. The van der Waals surface area contributed by atoms with Crippen molar-refractivity contribution in [3.8, 4) is 0 Å². The molecule has 1 aromatic rings. The third kappa shape index (κ3) is 3.91. The fraction of sp³-hybridized carbons (Fsp3) is 0.273. The van der Waals surface area contributed by atoms with E-state index in [1.165, 1.54) is 6.92 Å². The number of hydrogen-bond acceptors (Lipinski definition) is 4. The van der Waals surface area contributed by atoms with E-state index in [2.05, 4.69) is 10.5 Å². The topological polar surface area (TPSA) is 61.7 Å². The molecule has 4 nitrogen and oxygen atoms in total. The highest BCUT2D eigenvalue weighted by Gasteiger charge is 2.09. The van der Waals surface area contributed by atoms with Crippen molar-refractivity contribution >= 4 is 12.0 Å². The summed E-state index contributed by atoms with van der Waals surface area (Å²) in [6, 6.07) is 8.88. The van der Waals surface area contributed by atoms with Gasteiger partial charge in [-0.3, -0.25) is 10.2 Å². The summed E-state index contributed by atoms with van der Waals surface area (Å²) >= 11 is 0. The van der Waals surface area contributed by atoms with Gasteiger partial charge in [0.2, 0.25) is 0 Å². The fourth-order valence-electron chi connectivity index (χ4n) is 1.00. The van der Waals surface area contributed by atoms with E-state index >= 15 is 0 Å². The van der Waals surface area contributed by atoms with Crippen molar-refractivity contribution in [1.29, 1.82) is 0 Å². The molecule has 0 aliphatic rings. The van der Waals surface area contributed by atoms with Crippen LogP contribution >= 0.6 is 0 Å². The lowest BCUT2D eigenvalue weighted by atomic mass is 10.2. The average Bonchev–Trinajstić information content (AvgIpc) is 2.25. The Morgan fingerprint density at radius 3 is 2.73 bits per heavy atom. The molecule has 1 rings (SSSR count). The van der Waals surface area contributed by atoms with Crippen LogP contribution in [0.4, 0.5) is 0 Å². The molecule has 0 fully saturated rings. The molecular weight excluding hydrogens is 192 g/mol. The van der Waals surface area contributed by atoms with Gasteiger partial charge in [0.05, 0.1) is 12.8 Å². The molecule has 15 heavy (non-hydrogen) atoms. The standard InChI is InChI=1S/C11H14N2O2/c1-9(15)11(8-14)13-12-7-10-5-3-2-4-6-10/h2-7,11,13-14H,8H2,1H3. The molecule has 0 spiro atoms. The van der Waals surface area contributed by atoms with Crippen LogP contribution in [-0.2, 0) is 4.79 Å². The number of hydrazone groups is 1. The lowest BCUT2D eigenvalue weighted by Gasteiger charge is -2.08. The normalized spacial score (nSPS) is 12.7. The van der Waals surface area contributed by atoms with Crippen LogP contribution in [0.25, 0.3) is 0 Å². The van der Waals surface area contributed by atoms with Crippen molar-refractivity contribution in [2.24, 2.45) is 5.10 Å². The van der Waals surface area contributed by atoms with Crippen LogP contribution in [-0.4, -0.2) is 29.8 Å². The number of rotatable bonds is 5. The van der Waals surface area contributed by atoms with Gasteiger partial charge in [-0.05, 0) is 12.5 Å². The Bertz CT molecular complexity index is 336. The van der Waals surface area contributed by atoms with E-state index in [0.29, 0.717) is 0 Å². The minimum absolute atomic E-state index is 0.136. The van der Waals surface area contributed by atoms with E-state index in [-0.39, 0.29) is 12.4 Å². The van der Waals surface area contributed by atoms with Gasteiger partial charge in [0.1, 0.15) is 6.04 Å². The molecule has 0 amide bonds. The van der Waals surface area contributed by atoms with Gasteiger partial charge in [0, 0.05) is 0 Å². The molecule has 0 aliphatic carbocycles. The lowest BCUT2D eigenvalue weighted by molar-refractivity contribution is -0.119. The first-order chi connectivity index (χ1) is 7.24. The van der Waals surface area contributed by atoms with Crippen LogP contribution in [0.15, 0.2) is 35.4 Å². The smallest absolute Gasteiger partial charge is 0.155 e. The molecule has 0 aromatic heterocycles. The van der Waals surface area contributed by atoms with E-state index in [1.54, 1.807) is 6.21 Å². The summed E-state index contributed by atoms with van der Waals surface area (Å²) in [4.78, 5) is 10.9. The summed E-state index contributed by atoms with van der Waals surface area (Å²) in [6.45, 7) is 1.16. The van der Waals surface area contributed by atoms with Crippen LogP contribution in [0.5, 0.6) is 0 Å². The number of carbonyl (C=O) groups is 1. The van der Waals surface area contributed by atoms with Crippen molar-refractivity contribution in [2.75, 3.05) is 6.61 Å². The molecule has 80 valence electrons. The van der Waals surface area contributed by atoms with Crippen molar-refractivity contribution in [1.82, 2.24) is 5.43 Å². The summed E-state index contributed by atoms with van der Waals surface area (Å²) in [6.07, 6.45) is 1.60. The summed E-state index contributed by atoms with van der Waals surface area (Å²) in [7, 11) is 0. The summed E-state index contributed by atoms with van der Waals surface area (Å²) in [5.74, 6) is -0.136. The van der Waals surface area contributed by atoms with E-state index in [0.717, 1.165) is 5.56 Å². The van der Waals surface area contributed by atoms with Gasteiger partial charge in [0.25, 0.3) is 0 Å². The summed E-state index contributed by atoms with van der Waals surface area (Å²) in [5.41, 5.74) is 3.52. The summed E-state index contributed by atoms with van der Waals surface area (Å²) < 4.78 is 0. The zero-order valence-electron chi connectivity index (χ0n) is 8.55. The molecule has 4 heteroatoms. The van der Waals surface area contributed by atoms with Gasteiger partial charge in [-0.1, -0.05) is 30.3 Å². The highest BCUT2D eigenvalue weighted by Crippen LogP contribution is 1.93. The second-order valence-electron chi connectivity index (χ2n) is 3.14. The molecule has 1 aromatic carbocycles. The first-order valence-corrected chi connectivity index (χ1v) is 4.69. The average molecular weight is 206 g/mol. The largest absolute Gasteiger partial charge is 0.394 e. The van der Waals surface area contributed by atoms with Crippen LogP contribution in [0, 0.1) is 0 Å². The summed E-state index contributed by atoms with van der Waals surface area (Å²) in [5, 5.41) is 12.7. The number of benzene rings is 1. The van der Waals surface area contributed by atoms with Crippen LogP contribution in [0.3, 0.4) is 0 Å². The Morgan fingerprint density at radius 2 is 2.20 bits per heavy atom. The number of nitrogens with one attached hydrogen (secondary N) is 1. The van der Waals surface area contributed by atoms with Gasteiger partial charge in [-0.25, -0.2) is 0 Å². The number of hydrogen-bond donors (Lipinski definition) is 2. The predicted molar refractivity (Wildman–Crippen MR) is 58.7 cm³/mol. The second kappa shape index (κ2) is 5.93. The molecule has 0 radical (unpaired) electrons. The molecule has 2 N–H and O–H groups in total. The number of nitrogens with zero attached hydrogens (tertiary/aromatic N) is 1. The van der Waals surface area contributed by atoms with Crippen molar-refractivity contribution in [3.05, 3.63) is 35.9 Å². The first kappa shape index (κ1) is 11.4. The zero-order chi connectivity index (χ0) is 11.1. The maximum atomic E-state index is 10.9. The first-order valence-electron chi connectivity index (χ1n) is 4.69. The number of aliphatic hydroxyl groups excluding tert-OH is 1. The van der Waals surface area contributed by atoms with Gasteiger partial charge >= 0.3 is 0 Å². The third-order valence-electron chi connectivity index (χ3n) is 1.92. The van der Waals surface area contributed by atoms with Crippen LogP contribution in [0.1, 0.15) is 12.5 Å². The number of aliphatic hydroxyl groups is 1. The van der Waals surface area contributed by atoms with E-state index in [4.69, 9.17) is 5.11 Å². The number of ketones is 1. The van der Waals surface area contributed by atoms with Crippen LogP contribution in [0.2, 0.25) is 0 Å². The molecule has 0 aliphatic heterocycles. The van der Waals surface area contributed by atoms with Gasteiger partial charge in [0.15, 0.2) is 5.78 Å². The molecule has 0 saturated carbocycles. The molecule has 0 heterocycles. The fourth-order valence-corrected chi connectivity index (χ4v) is 1.00. The van der Waals surface area contributed by atoms with Crippen molar-refractivity contribution in [3.63, 3.8) is 0 Å².